The Bertz CT molecular complexity index is 586. The molecule has 2 aliphatic rings. The maximum Gasteiger partial charge on any atom is 0.0413 e. The standard InChI is InChI=1S/C18H19N.C2H6/c1-14-10-11-18(19-13-14)17-9-5-8-16(12-17)15-6-3-2-4-7-15;1-2/h2-4,6-7,9-12,19H,5,8,13H2,1H3;1-2H3. The molecule has 110 valence electrons. The first-order chi connectivity index (χ1) is 10.3. The summed E-state index contributed by atoms with van der Waals surface area (Å²) >= 11 is 0. The molecule has 0 bridgehead atoms. The minimum Gasteiger partial charge on any atom is -0.381 e. The molecule has 1 heterocycles. The van der Waals surface area contributed by atoms with Crippen molar-refractivity contribution in [2.75, 3.05) is 6.54 Å². The zero-order chi connectivity index (χ0) is 15.1. The molecular weight excluding hydrogens is 254 g/mol. The Morgan fingerprint density at radius 3 is 2.43 bits per heavy atom. The van der Waals surface area contributed by atoms with E-state index in [1.165, 1.54) is 28.0 Å². The first kappa shape index (κ1) is 15.4. The largest absolute Gasteiger partial charge is 0.381 e. The molecule has 0 amide bonds. The van der Waals surface area contributed by atoms with Crippen LogP contribution in [-0.2, 0) is 0 Å². The predicted molar refractivity (Wildman–Crippen MR) is 92.9 cm³/mol. The Hall–Kier alpha value is -2.02. The van der Waals surface area contributed by atoms with Gasteiger partial charge in [-0.25, -0.2) is 0 Å². The number of nitrogens with one attached hydrogen (secondary N) is 1. The van der Waals surface area contributed by atoms with Crippen LogP contribution in [0.25, 0.3) is 5.57 Å². The Morgan fingerprint density at radius 1 is 1.00 bits per heavy atom. The zero-order valence-electron chi connectivity index (χ0n) is 13.3. The van der Waals surface area contributed by atoms with Crippen LogP contribution in [0.4, 0.5) is 0 Å². The van der Waals surface area contributed by atoms with Crippen molar-refractivity contribution in [3.05, 3.63) is 77.0 Å². The molecule has 3 rings (SSSR count). The summed E-state index contributed by atoms with van der Waals surface area (Å²) in [5.41, 5.74) is 6.74. The molecule has 0 saturated heterocycles. The highest BCUT2D eigenvalue weighted by Gasteiger charge is 2.11. The normalized spacial score (nSPS) is 17.3. The van der Waals surface area contributed by atoms with E-state index in [4.69, 9.17) is 0 Å². The van der Waals surface area contributed by atoms with Gasteiger partial charge < -0.3 is 5.32 Å². The number of hydrogen-bond donors (Lipinski definition) is 1. The molecule has 0 radical (unpaired) electrons. The lowest BCUT2D eigenvalue weighted by atomic mass is 9.92. The average molecular weight is 279 g/mol. The van der Waals surface area contributed by atoms with Gasteiger partial charge in [-0.1, -0.05) is 61.9 Å². The fraction of sp³-hybridized carbons (Fsp3) is 0.300. The molecule has 0 fully saturated rings. The van der Waals surface area contributed by atoms with Crippen molar-refractivity contribution in [1.82, 2.24) is 5.32 Å². The number of benzene rings is 1. The van der Waals surface area contributed by atoms with Crippen molar-refractivity contribution < 1.29 is 0 Å². The molecule has 1 N–H and O–H groups in total. The quantitative estimate of drug-likeness (QED) is 0.779. The van der Waals surface area contributed by atoms with E-state index < -0.39 is 0 Å². The van der Waals surface area contributed by atoms with Crippen molar-refractivity contribution in [1.29, 1.82) is 0 Å². The van der Waals surface area contributed by atoms with Gasteiger partial charge in [0.25, 0.3) is 0 Å². The summed E-state index contributed by atoms with van der Waals surface area (Å²) in [6.07, 6.45) is 11.3. The minimum absolute atomic E-state index is 0.956. The van der Waals surface area contributed by atoms with Crippen LogP contribution in [0.2, 0.25) is 0 Å². The van der Waals surface area contributed by atoms with Crippen molar-refractivity contribution >= 4 is 5.57 Å². The van der Waals surface area contributed by atoms with E-state index in [-0.39, 0.29) is 0 Å². The Balaban J connectivity index is 0.000000774. The van der Waals surface area contributed by atoms with E-state index in [9.17, 15) is 0 Å². The molecule has 0 saturated carbocycles. The Kier molecular flexibility index (Phi) is 5.62. The van der Waals surface area contributed by atoms with Gasteiger partial charge in [-0.05, 0) is 48.6 Å². The number of hydrogen-bond acceptors (Lipinski definition) is 1. The van der Waals surface area contributed by atoms with Crippen molar-refractivity contribution in [3.63, 3.8) is 0 Å². The lowest BCUT2D eigenvalue weighted by Crippen LogP contribution is -2.20. The molecule has 0 spiro atoms. The number of dihydropyridines is 1. The molecular formula is C20H25N. The second kappa shape index (κ2) is 7.68. The second-order valence-corrected chi connectivity index (χ2v) is 5.18. The first-order valence-electron chi connectivity index (χ1n) is 7.91. The van der Waals surface area contributed by atoms with Gasteiger partial charge >= 0.3 is 0 Å². The highest BCUT2D eigenvalue weighted by molar-refractivity contribution is 5.71. The van der Waals surface area contributed by atoms with Gasteiger partial charge in [-0.2, -0.15) is 0 Å². The molecule has 0 atom stereocenters. The van der Waals surface area contributed by atoms with E-state index >= 15 is 0 Å². The van der Waals surface area contributed by atoms with Gasteiger partial charge in [-0.3, -0.25) is 0 Å². The van der Waals surface area contributed by atoms with Crippen LogP contribution in [0.5, 0.6) is 0 Å². The lowest BCUT2D eigenvalue weighted by molar-refractivity contribution is 0.861. The maximum atomic E-state index is 3.49. The van der Waals surface area contributed by atoms with Gasteiger partial charge in [0, 0.05) is 12.2 Å². The van der Waals surface area contributed by atoms with Gasteiger partial charge in [0.1, 0.15) is 0 Å². The molecule has 0 aromatic heterocycles. The van der Waals surface area contributed by atoms with Gasteiger partial charge in [-0.15, -0.1) is 0 Å². The second-order valence-electron chi connectivity index (χ2n) is 5.18. The highest BCUT2D eigenvalue weighted by atomic mass is 14.9. The molecule has 1 nitrogen and oxygen atoms in total. The summed E-state index contributed by atoms with van der Waals surface area (Å²) in [6, 6.07) is 10.7. The monoisotopic (exact) mass is 279 g/mol. The minimum atomic E-state index is 0.956. The van der Waals surface area contributed by atoms with Crippen LogP contribution in [0.3, 0.4) is 0 Å². The number of allylic oxidation sites excluding steroid dienone is 5. The van der Waals surface area contributed by atoms with Crippen molar-refractivity contribution in [2.24, 2.45) is 0 Å². The highest BCUT2D eigenvalue weighted by Crippen LogP contribution is 2.29. The van der Waals surface area contributed by atoms with Crippen LogP contribution < -0.4 is 5.32 Å². The maximum absolute atomic E-state index is 3.49. The SMILES string of the molecule is CC.CC1=CC=C(C2=CCCC(c3ccccc3)=C2)NC1. The number of rotatable bonds is 2. The average Bonchev–Trinajstić information content (AvgIpc) is 2.58. The Labute approximate surface area is 128 Å². The molecule has 1 heteroatoms. The third-order valence-corrected chi connectivity index (χ3v) is 3.66. The van der Waals surface area contributed by atoms with E-state index in [1.54, 1.807) is 0 Å². The Morgan fingerprint density at radius 2 is 1.76 bits per heavy atom. The summed E-state index contributed by atoms with van der Waals surface area (Å²) in [5.74, 6) is 0. The van der Waals surface area contributed by atoms with Gasteiger partial charge in [0.05, 0.1) is 0 Å². The topological polar surface area (TPSA) is 12.0 Å². The van der Waals surface area contributed by atoms with Gasteiger partial charge in [0.15, 0.2) is 0 Å². The smallest absolute Gasteiger partial charge is 0.0413 e. The summed E-state index contributed by atoms with van der Waals surface area (Å²) in [5, 5.41) is 3.49. The van der Waals surface area contributed by atoms with Crippen LogP contribution in [-0.4, -0.2) is 6.54 Å². The van der Waals surface area contributed by atoms with Crippen molar-refractivity contribution in [3.8, 4) is 0 Å². The molecule has 1 aromatic rings. The summed E-state index contributed by atoms with van der Waals surface area (Å²) < 4.78 is 0. The van der Waals surface area contributed by atoms with E-state index in [0.717, 1.165) is 19.4 Å². The van der Waals surface area contributed by atoms with Gasteiger partial charge in [0.2, 0.25) is 0 Å². The predicted octanol–water partition coefficient (Wildman–Crippen LogP) is 5.25. The summed E-state index contributed by atoms with van der Waals surface area (Å²) in [6.45, 7) is 7.11. The van der Waals surface area contributed by atoms with E-state index in [0.29, 0.717) is 0 Å². The first-order valence-corrected chi connectivity index (χ1v) is 7.91. The van der Waals surface area contributed by atoms with Crippen LogP contribution >= 0.6 is 0 Å². The zero-order valence-corrected chi connectivity index (χ0v) is 13.3. The van der Waals surface area contributed by atoms with Crippen LogP contribution in [0.15, 0.2) is 71.5 Å². The molecule has 1 aliphatic heterocycles. The fourth-order valence-corrected chi connectivity index (χ4v) is 2.55. The van der Waals surface area contributed by atoms with E-state index in [2.05, 4.69) is 66.9 Å². The molecule has 1 aliphatic carbocycles. The third kappa shape index (κ3) is 3.98. The van der Waals surface area contributed by atoms with Crippen LogP contribution in [0, 0.1) is 0 Å². The van der Waals surface area contributed by atoms with E-state index in [1.807, 2.05) is 13.8 Å². The molecule has 1 aromatic carbocycles. The summed E-state index contributed by atoms with van der Waals surface area (Å²) in [7, 11) is 0. The third-order valence-electron chi connectivity index (χ3n) is 3.66. The summed E-state index contributed by atoms with van der Waals surface area (Å²) in [4.78, 5) is 0. The van der Waals surface area contributed by atoms with Crippen LogP contribution in [0.1, 0.15) is 39.2 Å². The molecule has 0 unspecified atom stereocenters. The van der Waals surface area contributed by atoms with Crippen molar-refractivity contribution in [2.45, 2.75) is 33.6 Å². The lowest BCUT2D eigenvalue weighted by Gasteiger charge is -2.20. The fourth-order valence-electron chi connectivity index (χ4n) is 2.55. The molecule has 21 heavy (non-hydrogen) atoms.